The fourth-order valence-corrected chi connectivity index (χ4v) is 3.77. The van der Waals surface area contributed by atoms with E-state index in [1.165, 1.54) is 0 Å². The van der Waals surface area contributed by atoms with Gasteiger partial charge in [-0.25, -0.2) is 0 Å². The van der Waals surface area contributed by atoms with Gasteiger partial charge in [0.25, 0.3) is 0 Å². The van der Waals surface area contributed by atoms with Gasteiger partial charge in [0.2, 0.25) is 0 Å². The topological polar surface area (TPSA) is 77.8 Å². The molecular formula is C13H22O4S. The van der Waals surface area contributed by atoms with Gasteiger partial charge in [-0.2, -0.15) is 11.8 Å². The first kappa shape index (κ1) is 15.5. The summed E-state index contributed by atoms with van der Waals surface area (Å²) < 4.78 is 0. The van der Waals surface area contributed by atoms with Gasteiger partial charge in [0.1, 0.15) is 0 Å². The zero-order valence-corrected chi connectivity index (χ0v) is 11.3. The number of hydrogen-bond acceptors (Lipinski definition) is 4. The Balaban J connectivity index is 2.21. The molecule has 0 aliphatic carbocycles. The lowest BCUT2D eigenvalue weighted by Crippen LogP contribution is -2.29. The fourth-order valence-electron chi connectivity index (χ4n) is 2.18. The maximum absolute atomic E-state index is 10.3. The highest BCUT2D eigenvalue weighted by Crippen LogP contribution is 2.34. The number of allylic oxidation sites excluding steroid dienone is 2. The largest absolute Gasteiger partial charge is 0.481 e. The Morgan fingerprint density at radius 3 is 2.83 bits per heavy atom. The number of carboxylic acid groups (broad SMARTS) is 1. The normalized spacial score (nSPS) is 25.7. The second-order valence-corrected chi connectivity index (χ2v) is 5.78. The predicted octanol–water partition coefficient (Wildman–Crippen LogP) is 1.52. The first-order valence-electron chi connectivity index (χ1n) is 6.38. The summed E-state index contributed by atoms with van der Waals surface area (Å²) in [6, 6.07) is 0. The number of hydrogen-bond donors (Lipinski definition) is 3. The molecule has 1 rings (SSSR count). The van der Waals surface area contributed by atoms with Gasteiger partial charge in [0, 0.05) is 12.3 Å². The average molecular weight is 274 g/mol. The highest BCUT2D eigenvalue weighted by atomic mass is 32.2. The molecular weight excluding hydrogens is 252 g/mol. The number of rotatable bonds is 8. The van der Waals surface area contributed by atoms with Gasteiger partial charge in [-0.3, -0.25) is 4.79 Å². The Bertz CT molecular complexity index is 280. The molecule has 0 aromatic rings. The molecule has 18 heavy (non-hydrogen) atoms. The number of thioether (sulfide) groups is 1. The molecule has 0 radical (unpaired) electrons. The fraction of sp³-hybridized carbons (Fsp3) is 0.769. The third-order valence-electron chi connectivity index (χ3n) is 3.30. The van der Waals surface area contributed by atoms with Crippen LogP contribution in [0.3, 0.4) is 0 Å². The molecule has 1 heterocycles. The van der Waals surface area contributed by atoms with Crippen LogP contribution >= 0.6 is 11.8 Å². The summed E-state index contributed by atoms with van der Waals surface area (Å²) in [6.07, 6.45) is 6.08. The van der Waals surface area contributed by atoms with Crippen LogP contribution in [0.5, 0.6) is 0 Å². The lowest BCUT2D eigenvalue weighted by Gasteiger charge is -2.21. The van der Waals surface area contributed by atoms with Gasteiger partial charge in [-0.1, -0.05) is 12.2 Å². The van der Waals surface area contributed by atoms with Crippen molar-refractivity contribution in [3.63, 3.8) is 0 Å². The molecule has 5 heteroatoms. The quantitative estimate of drug-likeness (QED) is 0.462. The first-order valence-corrected chi connectivity index (χ1v) is 7.54. The molecule has 0 spiro atoms. The second kappa shape index (κ2) is 8.56. The SMILES string of the molecule is O=C(O)CCCC=CC[C@H]1CSC[C@H]1C(O)CO. The number of aliphatic carboxylic acids is 1. The molecule has 0 aromatic heterocycles. The van der Waals surface area contributed by atoms with E-state index in [1.807, 2.05) is 17.8 Å². The molecule has 0 amide bonds. The van der Waals surface area contributed by atoms with Gasteiger partial charge in [-0.05, 0) is 36.7 Å². The zero-order chi connectivity index (χ0) is 13.4. The van der Waals surface area contributed by atoms with E-state index in [0.29, 0.717) is 12.3 Å². The molecule has 4 nitrogen and oxygen atoms in total. The number of unbranched alkanes of at least 4 members (excludes halogenated alkanes) is 1. The van der Waals surface area contributed by atoms with Crippen molar-refractivity contribution >= 4 is 17.7 Å². The molecule has 1 fully saturated rings. The lowest BCUT2D eigenvalue weighted by molar-refractivity contribution is -0.137. The van der Waals surface area contributed by atoms with E-state index in [9.17, 15) is 9.90 Å². The maximum Gasteiger partial charge on any atom is 0.303 e. The van der Waals surface area contributed by atoms with E-state index >= 15 is 0 Å². The minimum atomic E-state index is -0.748. The van der Waals surface area contributed by atoms with Crippen LogP contribution in [-0.4, -0.2) is 45.5 Å². The third kappa shape index (κ3) is 5.42. The molecule has 0 saturated carbocycles. The smallest absolute Gasteiger partial charge is 0.303 e. The first-order chi connectivity index (χ1) is 8.65. The number of aliphatic hydroxyl groups is 2. The van der Waals surface area contributed by atoms with Crippen LogP contribution < -0.4 is 0 Å². The molecule has 1 saturated heterocycles. The minimum absolute atomic E-state index is 0.163. The number of carbonyl (C=O) groups is 1. The van der Waals surface area contributed by atoms with Gasteiger partial charge in [-0.15, -0.1) is 0 Å². The van der Waals surface area contributed by atoms with Crippen molar-refractivity contribution in [3.8, 4) is 0 Å². The number of aliphatic hydroxyl groups excluding tert-OH is 2. The van der Waals surface area contributed by atoms with Crippen LogP contribution in [0.15, 0.2) is 12.2 Å². The molecule has 1 unspecified atom stereocenters. The Morgan fingerprint density at radius 2 is 2.17 bits per heavy atom. The van der Waals surface area contributed by atoms with E-state index < -0.39 is 12.1 Å². The van der Waals surface area contributed by atoms with Gasteiger partial charge in [0.05, 0.1) is 12.7 Å². The minimum Gasteiger partial charge on any atom is -0.481 e. The van der Waals surface area contributed by atoms with E-state index in [-0.39, 0.29) is 18.9 Å². The molecule has 3 atom stereocenters. The molecule has 0 aromatic carbocycles. The standard InChI is InChI=1S/C13H22O4S/c14-7-12(15)11-9-18-8-10(11)5-3-1-2-4-6-13(16)17/h1,3,10-12,14-15H,2,4-9H2,(H,16,17)/t10-,11+,12?/m0/s1. The molecule has 1 aliphatic heterocycles. The Morgan fingerprint density at radius 1 is 1.39 bits per heavy atom. The molecule has 104 valence electrons. The van der Waals surface area contributed by atoms with Crippen LogP contribution in [-0.2, 0) is 4.79 Å². The average Bonchev–Trinajstić information content (AvgIpc) is 2.80. The third-order valence-corrected chi connectivity index (χ3v) is 4.58. The monoisotopic (exact) mass is 274 g/mol. The zero-order valence-electron chi connectivity index (χ0n) is 10.5. The summed E-state index contributed by atoms with van der Waals surface area (Å²) in [5.41, 5.74) is 0. The van der Waals surface area contributed by atoms with Crippen molar-refractivity contribution in [2.45, 2.75) is 31.8 Å². The molecule has 0 bridgehead atoms. The summed E-state index contributed by atoms with van der Waals surface area (Å²) in [4.78, 5) is 10.3. The predicted molar refractivity (Wildman–Crippen MR) is 72.6 cm³/mol. The second-order valence-electron chi connectivity index (χ2n) is 4.70. The van der Waals surface area contributed by atoms with Gasteiger partial charge >= 0.3 is 5.97 Å². The highest BCUT2D eigenvalue weighted by molar-refractivity contribution is 7.99. The summed E-state index contributed by atoms with van der Waals surface area (Å²) in [5.74, 6) is 1.80. The van der Waals surface area contributed by atoms with Gasteiger partial charge < -0.3 is 15.3 Å². The molecule has 1 aliphatic rings. The lowest BCUT2D eigenvalue weighted by atomic mass is 9.88. The van der Waals surface area contributed by atoms with Crippen molar-refractivity contribution in [1.29, 1.82) is 0 Å². The summed E-state index contributed by atoms with van der Waals surface area (Å²) >= 11 is 1.82. The van der Waals surface area contributed by atoms with Crippen LogP contribution in [0.4, 0.5) is 0 Å². The summed E-state index contributed by atoms with van der Waals surface area (Å²) in [5, 5.41) is 27.1. The molecule has 3 N–H and O–H groups in total. The van der Waals surface area contributed by atoms with E-state index in [0.717, 1.165) is 24.3 Å². The van der Waals surface area contributed by atoms with Crippen molar-refractivity contribution in [2.24, 2.45) is 11.8 Å². The van der Waals surface area contributed by atoms with E-state index in [4.69, 9.17) is 10.2 Å². The Hall–Kier alpha value is -0.520. The van der Waals surface area contributed by atoms with Crippen LogP contribution in [0, 0.1) is 11.8 Å². The van der Waals surface area contributed by atoms with E-state index in [1.54, 1.807) is 0 Å². The van der Waals surface area contributed by atoms with Crippen molar-refractivity contribution in [2.75, 3.05) is 18.1 Å². The maximum atomic E-state index is 10.3. The Kier molecular flexibility index (Phi) is 7.39. The number of carboxylic acids is 1. The van der Waals surface area contributed by atoms with Crippen LogP contribution in [0.1, 0.15) is 25.7 Å². The summed E-state index contributed by atoms with van der Waals surface area (Å²) in [7, 11) is 0. The van der Waals surface area contributed by atoms with Crippen molar-refractivity contribution < 1.29 is 20.1 Å². The van der Waals surface area contributed by atoms with Crippen molar-refractivity contribution in [3.05, 3.63) is 12.2 Å². The highest BCUT2D eigenvalue weighted by Gasteiger charge is 2.31. The van der Waals surface area contributed by atoms with E-state index in [2.05, 4.69) is 6.08 Å². The Labute approximate surface area is 112 Å². The van der Waals surface area contributed by atoms with Gasteiger partial charge in [0.15, 0.2) is 0 Å². The summed E-state index contributed by atoms with van der Waals surface area (Å²) in [6.45, 7) is -0.163. The van der Waals surface area contributed by atoms with Crippen LogP contribution in [0.25, 0.3) is 0 Å². The van der Waals surface area contributed by atoms with Crippen LogP contribution in [0.2, 0.25) is 0 Å². The van der Waals surface area contributed by atoms with Crippen molar-refractivity contribution in [1.82, 2.24) is 0 Å².